The van der Waals surface area contributed by atoms with Crippen LogP contribution < -0.4 is 5.32 Å². The predicted molar refractivity (Wildman–Crippen MR) is 162 cm³/mol. The molecular weight excluding hydrogens is 607 g/mol. The Balaban J connectivity index is 1.21. The van der Waals surface area contributed by atoms with Crippen molar-refractivity contribution in [1.82, 2.24) is 15.2 Å². The van der Waals surface area contributed by atoms with Crippen LogP contribution in [-0.4, -0.2) is 59.0 Å². The highest BCUT2D eigenvalue weighted by Crippen LogP contribution is 2.34. The maximum Gasteiger partial charge on any atom is 0.416 e. The molecule has 2 N–H and O–H groups in total. The predicted octanol–water partition coefficient (Wildman–Crippen LogP) is 6.07. The fraction of sp³-hybridized carbons (Fsp3) is 0.273. The smallest absolute Gasteiger partial charge is 0.416 e. The van der Waals surface area contributed by atoms with Gasteiger partial charge in [0.1, 0.15) is 17.5 Å². The summed E-state index contributed by atoms with van der Waals surface area (Å²) in [7, 11) is 1.24. The van der Waals surface area contributed by atoms with E-state index < -0.39 is 29.7 Å². The summed E-state index contributed by atoms with van der Waals surface area (Å²) >= 11 is 1.34. The number of likely N-dealkylation sites (tertiary alicyclic amines) is 1. The fourth-order valence-electron chi connectivity index (χ4n) is 5.27. The molecule has 4 aromatic rings. The number of aromatic nitrogens is 1. The normalized spacial score (nSPS) is 14.5. The second-order valence-corrected chi connectivity index (χ2v) is 11.6. The van der Waals surface area contributed by atoms with E-state index >= 15 is 0 Å². The van der Waals surface area contributed by atoms with Gasteiger partial charge in [-0.25, -0.2) is 9.78 Å². The number of halogens is 3. The number of nitrogens with one attached hydrogen (secondary N) is 1. The van der Waals surface area contributed by atoms with Crippen LogP contribution in [0.3, 0.4) is 0 Å². The number of carbonyl (C=O) groups is 3. The number of phenols is 1. The van der Waals surface area contributed by atoms with Crippen molar-refractivity contribution in [2.45, 2.75) is 37.4 Å². The van der Waals surface area contributed by atoms with Crippen LogP contribution in [0, 0.1) is 0 Å². The first-order valence-corrected chi connectivity index (χ1v) is 15.1. The Kier molecular flexibility index (Phi) is 9.52. The minimum absolute atomic E-state index is 0.0270. The van der Waals surface area contributed by atoms with Crippen molar-refractivity contribution < 1.29 is 37.4 Å². The van der Waals surface area contributed by atoms with Crippen LogP contribution in [0.2, 0.25) is 0 Å². The molecule has 1 aliphatic rings. The number of carbonyl (C=O) groups excluding carboxylic acids is 3. The SMILES string of the molecule is COC(=O)C(Cc1ccc(O)cc1)NC(=O)c1csc(C2CCN(C(=O)c3ccccc3-c3ccc(C(F)(F)F)cc3)CC2)n1. The summed E-state index contributed by atoms with van der Waals surface area (Å²) in [5.41, 5.74) is 1.65. The Hall–Kier alpha value is -4.71. The molecule has 1 saturated heterocycles. The lowest BCUT2D eigenvalue weighted by Gasteiger charge is -2.31. The van der Waals surface area contributed by atoms with E-state index in [9.17, 15) is 32.7 Å². The molecule has 0 bridgehead atoms. The molecule has 0 radical (unpaired) electrons. The van der Waals surface area contributed by atoms with Crippen LogP contribution >= 0.6 is 11.3 Å². The van der Waals surface area contributed by atoms with Crippen molar-refractivity contribution in [2.24, 2.45) is 0 Å². The maximum absolute atomic E-state index is 13.5. The number of aromatic hydroxyl groups is 1. The summed E-state index contributed by atoms with van der Waals surface area (Å²) in [6.07, 6.45) is -3.03. The summed E-state index contributed by atoms with van der Waals surface area (Å²) in [6, 6.07) is 17.0. The number of hydrogen-bond acceptors (Lipinski definition) is 7. The molecule has 1 unspecified atom stereocenters. The number of piperidine rings is 1. The van der Waals surface area contributed by atoms with Gasteiger partial charge in [-0.05, 0) is 59.9 Å². The molecule has 0 spiro atoms. The molecule has 5 rings (SSSR count). The molecule has 2 heterocycles. The lowest BCUT2D eigenvalue weighted by molar-refractivity contribution is -0.143. The maximum atomic E-state index is 13.5. The van der Waals surface area contributed by atoms with Crippen LogP contribution in [-0.2, 0) is 22.1 Å². The van der Waals surface area contributed by atoms with Gasteiger partial charge in [0.2, 0.25) is 0 Å². The standard InChI is InChI=1S/C33H30F3N3O5S/c1-44-32(43)27(18-20-6-12-24(40)13-7-20)37-29(41)28-19-45-30(38-28)22-14-16-39(17-15-22)31(42)26-5-3-2-4-25(26)21-8-10-23(11-9-21)33(34,35)36/h2-13,19,22,27,40H,14-18H2,1H3,(H,37,41). The molecule has 3 aromatic carbocycles. The first-order valence-electron chi connectivity index (χ1n) is 14.2. The van der Waals surface area contributed by atoms with E-state index in [4.69, 9.17) is 4.74 Å². The average molecular weight is 638 g/mol. The second kappa shape index (κ2) is 13.5. The van der Waals surface area contributed by atoms with Gasteiger partial charge >= 0.3 is 12.1 Å². The number of benzene rings is 3. The molecule has 1 aliphatic heterocycles. The van der Waals surface area contributed by atoms with Crippen molar-refractivity contribution in [1.29, 1.82) is 0 Å². The Bertz CT molecular complexity index is 1660. The highest BCUT2D eigenvalue weighted by molar-refractivity contribution is 7.09. The molecule has 1 atom stereocenters. The number of ether oxygens (including phenoxy) is 1. The molecule has 0 aliphatic carbocycles. The first-order chi connectivity index (χ1) is 21.5. The van der Waals surface area contributed by atoms with Crippen LogP contribution in [0.25, 0.3) is 11.1 Å². The van der Waals surface area contributed by atoms with Gasteiger partial charge in [-0.15, -0.1) is 11.3 Å². The summed E-state index contributed by atoms with van der Waals surface area (Å²) in [5.74, 6) is -1.21. The van der Waals surface area contributed by atoms with Gasteiger partial charge in [0.25, 0.3) is 11.8 Å². The topological polar surface area (TPSA) is 109 Å². The van der Waals surface area contributed by atoms with E-state index in [2.05, 4.69) is 10.3 Å². The van der Waals surface area contributed by atoms with Gasteiger partial charge in [-0.2, -0.15) is 13.2 Å². The largest absolute Gasteiger partial charge is 0.508 e. The zero-order chi connectivity index (χ0) is 32.1. The van der Waals surface area contributed by atoms with Crippen molar-refractivity contribution in [3.63, 3.8) is 0 Å². The third kappa shape index (κ3) is 7.51. The summed E-state index contributed by atoms with van der Waals surface area (Å²) in [6.45, 7) is 0.895. The molecule has 1 fully saturated rings. The van der Waals surface area contributed by atoms with Crippen molar-refractivity contribution in [2.75, 3.05) is 20.2 Å². The fourth-order valence-corrected chi connectivity index (χ4v) is 6.25. The molecule has 45 heavy (non-hydrogen) atoms. The van der Waals surface area contributed by atoms with Crippen LogP contribution in [0.4, 0.5) is 13.2 Å². The van der Waals surface area contributed by atoms with E-state index in [1.54, 1.807) is 46.7 Å². The van der Waals surface area contributed by atoms with Gasteiger partial charge in [-0.1, -0.05) is 42.5 Å². The third-order valence-corrected chi connectivity index (χ3v) is 8.74. The van der Waals surface area contributed by atoms with E-state index in [1.807, 2.05) is 0 Å². The number of phenolic OH excluding ortho intramolecular Hbond substituents is 1. The minimum atomic E-state index is -4.44. The van der Waals surface area contributed by atoms with E-state index in [0.29, 0.717) is 42.6 Å². The van der Waals surface area contributed by atoms with Crippen molar-refractivity contribution in [3.8, 4) is 16.9 Å². The van der Waals surface area contributed by atoms with Crippen LogP contribution in [0.15, 0.2) is 78.2 Å². The number of rotatable bonds is 8. The lowest BCUT2D eigenvalue weighted by atomic mass is 9.94. The zero-order valence-electron chi connectivity index (χ0n) is 24.2. The monoisotopic (exact) mass is 637 g/mol. The van der Waals surface area contributed by atoms with Gasteiger partial charge in [-0.3, -0.25) is 9.59 Å². The van der Waals surface area contributed by atoms with Crippen LogP contribution in [0.5, 0.6) is 5.75 Å². The Morgan fingerprint density at radius 2 is 1.69 bits per heavy atom. The van der Waals surface area contributed by atoms with Gasteiger partial charge < -0.3 is 20.1 Å². The molecule has 0 saturated carbocycles. The van der Waals surface area contributed by atoms with Crippen LogP contribution in [0.1, 0.15) is 55.7 Å². The number of hydrogen-bond donors (Lipinski definition) is 2. The highest BCUT2D eigenvalue weighted by atomic mass is 32.1. The molecule has 234 valence electrons. The average Bonchev–Trinajstić information content (AvgIpc) is 3.55. The third-order valence-electron chi connectivity index (χ3n) is 7.73. The molecule has 2 amide bonds. The number of alkyl halides is 3. The van der Waals surface area contributed by atoms with E-state index in [1.165, 1.54) is 42.7 Å². The Morgan fingerprint density at radius 1 is 1.02 bits per heavy atom. The summed E-state index contributed by atoms with van der Waals surface area (Å²) < 4.78 is 44.0. The number of thiazole rings is 1. The quantitative estimate of drug-likeness (QED) is 0.227. The second-order valence-electron chi connectivity index (χ2n) is 10.7. The van der Waals surface area contributed by atoms with E-state index in [-0.39, 0.29) is 29.7 Å². The van der Waals surface area contributed by atoms with Gasteiger partial charge in [0, 0.05) is 36.4 Å². The van der Waals surface area contributed by atoms with Gasteiger partial charge in [0.05, 0.1) is 17.7 Å². The number of methoxy groups -OCH3 is 1. The van der Waals surface area contributed by atoms with E-state index in [0.717, 1.165) is 22.7 Å². The minimum Gasteiger partial charge on any atom is -0.508 e. The van der Waals surface area contributed by atoms with Gasteiger partial charge in [0.15, 0.2) is 0 Å². The van der Waals surface area contributed by atoms with Crippen molar-refractivity contribution in [3.05, 3.63) is 106 Å². The number of nitrogens with zero attached hydrogens (tertiary/aromatic N) is 2. The molecular formula is C33H30F3N3O5S. The molecule has 12 heteroatoms. The Morgan fingerprint density at radius 3 is 2.33 bits per heavy atom. The zero-order valence-corrected chi connectivity index (χ0v) is 25.0. The summed E-state index contributed by atoms with van der Waals surface area (Å²) in [4.78, 5) is 45.2. The molecule has 1 aromatic heterocycles. The lowest BCUT2D eigenvalue weighted by Crippen LogP contribution is -2.43. The Labute approximate surface area is 261 Å². The summed E-state index contributed by atoms with van der Waals surface area (Å²) in [5, 5.41) is 14.6. The number of esters is 1. The van der Waals surface area contributed by atoms with Crippen molar-refractivity contribution >= 4 is 29.1 Å². The number of amides is 2. The molecule has 8 nitrogen and oxygen atoms in total. The highest BCUT2D eigenvalue weighted by Gasteiger charge is 2.31. The first kappa shape index (κ1) is 31.7.